The molecule has 1 unspecified atom stereocenters. The van der Waals surface area contributed by atoms with Gasteiger partial charge in [-0.15, -0.1) is 0 Å². The normalized spacial score (nSPS) is 15.4. The molecule has 0 radical (unpaired) electrons. The first-order valence-corrected chi connectivity index (χ1v) is 9.95. The number of anilines is 3. The molecule has 1 aliphatic rings. The third-order valence-electron chi connectivity index (χ3n) is 4.71. The monoisotopic (exact) mass is 410 g/mol. The lowest BCUT2D eigenvalue weighted by Gasteiger charge is -2.24. The predicted molar refractivity (Wildman–Crippen MR) is 116 cm³/mol. The molecule has 0 saturated carbocycles. The number of urea groups is 1. The fourth-order valence-corrected chi connectivity index (χ4v) is 3.34. The number of hydrogen-bond acceptors (Lipinski definition) is 4. The Labute approximate surface area is 175 Å². The highest BCUT2D eigenvalue weighted by atomic mass is 16.5. The van der Waals surface area contributed by atoms with Crippen molar-refractivity contribution < 1.29 is 19.1 Å². The van der Waals surface area contributed by atoms with Gasteiger partial charge in [-0.2, -0.15) is 0 Å². The summed E-state index contributed by atoms with van der Waals surface area (Å²) in [4.78, 5) is 38.1. The SMILES string of the molecule is CCOc1ccc(NC(=O)N2CCCC2C(=O)Nc2ccc(NC(C)=O)cc2)cc1. The lowest BCUT2D eigenvalue weighted by Crippen LogP contribution is -2.45. The maximum atomic E-state index is 12.7. The molecule has 1 fully saturated rings. The quantitative estimate of drug-likeness (QED) is 0.676. The number of carbonyl (C=O) groups is 3. The van der Waals surface area contributed by atoms with Gasteiger partial charge in [0.05, 0.1) is 6.61 Å². The van der Waals surface area contributed by atoms with Gasteiger partial charge in [0, 0.05) is 30.5 Å². The second-order valence-corrected chi connectivity index (χ2v) is 6.99. The van der Waals surface area contributed by atoms with Crippen molar-refractivity contribution in [1.82, 2.24) is 4.90 Å². The number of carbonyl (C=O) groups excluding carboxylic acids is 3. The van der Waals surface area contributed by atoms with Crippen molar-refractivity contribution in [2.24, 2.45) is 0 Å². The fourth-order valence-electron chi connectivity index (χ4n) is 3.34. The molecule has 0 aromatic heterocycles. The summed E-state index contributed by atoms with van der Waals surface area (Å²) in [6.45, 7) is 4.43. The number of rotatable bonds is 6. The molecular formula is C22H26N4O4. The Morgan fingerprint density at radius 3 is 2.10 bits per heavy atom. The van der Waals surface area contributed by atoms with E-state index >= 15 is 0 Å². The van der Waals surface area contributed by atoms with Crippen LogP contribution < -0.4 is 20.7 Å². The van der Waals surface area contributed by atoms with Crippen LogP contribution in [-0.2, 0) is 9.59 Å². The number of hydrogen-bond donors (Lipinski definition) is 3. The Balaban J connectivity index is 1.59. The first-order chi connectivity index (χ1) is 14.5. The molecular weight excluding hydrogens is 384 g/mol. The lowest BCUT2D eigenvalue weighted by molar-refractivity contribution is -0.119. The molecule has 1 aliphatic heterocycles. The van der Waals surface area contributed by atoms with Crippen LogP contribution in [0.5, 0.6) is 5.75 Å². The Kier molecular flexibility index (Phi) is 6.90. The molecule has 0 bridgehead atoms. The minimum atomic E-state index is -0.539. The van der Waals surface area contributed by atoms with Crippen LogP contribution in [0, 0.1) is 0 Å². The smallest absolute Gasteiger partial charge is 0.322 e. The summed E-state index contributed by atoms with van der Waals surface area (Å²) in [6.07, 6.45) is 1.36. The topological polar surface area (TPSA) is 99.8 Å². The zero-order valence-corrected chi connectivity index (χ0v) is 17.1. The van der Waals surface area contributed by atoms with Crippen molar-refractivity contribution in [1.29, 1.82) is 0 Å². The molecule has 8 heteroatoms. The molecule has 3 rings (SSSR count). The molecule has 1 heterocycles. The van der Waals surface area contributed by atoms with E-state index in [2.05, 4.69) is 16.0 Å². The Hall–Kier alpha value is -3.55. The van der Waals surface area contributed by atoms with Crippen LogP contribution in [-0.4, -0.2) is 41.9 Å². The molecule has 2 aromatic carbocycles. The summed E-state index contributed by atoms with van der Waals surface area (Å²) in [7, 11) is 0. The zero-order valence-electron chi connectivity index (χ0n) is 17.1. The summed E-state index contributed by atoms with van der Waals surface area (Å²) in [6, 6.07) is 13.1. The van der Waals surface area contributed by atoms with Gasteiger partial charge in [-0.3, -0.25) is 9.59 Å². The van der Waals surface area contributed by atoms with E-state index in [1.807, 2.05) is 6.92 Å². The molecule has 30 heavy (non-hydrogen) atoms. The van der Waals surface area contributed by atoms with Crippen LogP contribution in [0.3, 0.4) is 0 Å². The van der Waals surface area contributed by atoms with Crippen LogP contribution in [0.4, 0.5) is 21.9 Å². The number of benzene rings is 2. The van der Waals surface area contributed by atoms with E-state index in [1.165, 1.54) is 6.92 Å². The number of likely N-dealkylation sites (tertiary alicyclic amines) is 1. The van der Waals surface area contributed by atoms with Gasteiger partial charge in [-0.25, -0.2) is 4.79 Å². The first kappa shape index (κ1) is 21.2. The molecule has 1 atom stereocenters. The van der Waals surface area contributed by atoms with Crippen LogP contribution >= 0.6 is 0 Å². The van der Waals surface area contributed by atoms with Gasteiger partial charge in [-0.05, 0) is 68.3 Å². The summed E-state index contributed by atoms with van der Waals surface area (Å²) in [5.41, 5.74) is 1.90. The fraction of sp³-hybridized carbons (Fsp3) is 0.318. The van der Waals surface area contributed by atoms with E-state index in [1.54, 1.807) is 53.4 Å². The summed E-state index contributed by atoms with van der Waals surface area (Å²) in [5.74, 6) is 0.340. The lowest BCUT2D eigenvalue weighted by atomic mass is 10.2. The number of ether oxygens (including phenoxy) is 1. The van der Waals surface area contributed by atoms with Crippen molar-refractivity contribution in [3.05, 3.63) is 48.5 Å². The Morgan fingerprint density at radius 2 is 1.50 bits per heavy atom. The van der Waals surface area contributed by atoms with Crippen LogP contribution in [0.25, 0.3) is 0 Å². The molecule has 158 valence electrons. The Bertz CT molecular complexity index is 896. The van der Waals surface area contributed by atoms with Crippen molar-refractivity contribution in [3.8, 4) is 5.75 Å². The second-order valence-electron chi connectivity index (χ2n) is 6.99. The second kappa shape index (κ2) is 9.78. The summed E-state index contributed by atoms with van der Waals surface area (Å²) < 4.78 is 5.40. The maximum Gasteiger partial charge on any atom is 0.322 e. The Morgan fingerprint density at radius 1 is 0.933 bits per heavy atom. The molecule has 0 spiro atoms. The third kappa shape index (κ3) is 5.50. The van der Waals surface area contributed by atoms with Crippen LogP contribution in [0.15, 0.2) is 48.5 Å². The highest BCUT2D eigenvalue weighted by Crippen LogP contribution is 2.22. The number of nitrogens with zero attached hydrogens (tertiary/aromatic N) is 1. The van der Waals surface area contributed by atoms with E-state index in [0.717, 1.165) is 12.2 Å². The zero-order chi connectivity index (χ0) is 21.5. The number of amides is 4. The van der Waals surface area contributed by atoms with Crippen LogP contribution in [0.2, 0.25) is 0 Å². The summed E-state index contributed by atoms with van der Waals surface area (Å²) >= 11 is 0. The standard InChI is InChI=1S/C22H26N4O4/c1-3-30-19-12-10-18(11-13-19)25-22(29)26-14-4-5-20(26)21(28)24-17-8-6-16(7-9-17)23-15(2)27/h6-13,20H,3-5,14H2,1-2H3,(H,23,27)(H,24,28)(H,25,29). The predicted octanol–water partition coefficient (Wildman–Crippen LogP) is 3.68. The van der Waals surface area contributed by atoms with Gasteiger partial charge in [0.25, 0.3) is 0 Å². The van der Waals surface area contributed by atoms with E-state index < -0.39 is 6.04 Å². The molecule has 3 N–H and O–H groups in total. The van der Waals surface area contributed by atoms with E-state index in [9.17, 15) is 14.4 Å². The average molecular weight is 410 g/mol. The molecule has 1 saturated heterocycles. The van der Waals surface area contributed by atoms with Crippen LogP contribution in [0.1, 0.15) is 26.7 Å². The van der Waals surface area contributed by atoms with Gasteiger partial charge in [0.2, 0.25) is 11.8 Å². The minimum absolute atomic E-state index is 0.160. The molecule has 2 aromatic rings. The van der Waals surface area contributed by atoms with E-state index in [0.29, 0.717) is 36.6 Å². The van der Waals surface area contributed by atoms with Gasteiger partial charge < -0.3 is 25.6 Å². The van der Waals surface area contributed by atoms with Gasteiger partial charge in [0.1, 0.15) is 11.8 Å². The molecule has 4 amide bonds. The summed E-state index contributed by atoms with van der Waals surface area (Å²) in [5, 5.41) is 8.36. The van der Waals surface area contributed by atoms with Gasteiger partial charge in [0.15, 0.2) is 0 Å². The third-order valence-corrected chi connectivity index (χ3v) is 4.71. The van der Waals surface area contributed by atoms with Gasteiger partial charge >= 0.3 is 6.03 Å². The van der Waals surface area contributed by atoms with Crippen molar-refractivity contribution in [2.45, 2.75) is 32.7 Å². The highest BCUT2D eigenvalue weighted by molar-refractivity contribution is 5.99. The molecule has 0 aliphatic carbocycles. The largest absolute Gasteiger partial charge is 0.494 e. The van der Waals surface area contributed by atoms with Crippen molar-refractivity contribution in [3.63, 3.8) is 0 Å². The molecule has 8 nitrogen and oxygen atoms in total. The average Bonchev–Trinajstić information content (AvgIpc) is 3.21. The van der Waals surface area contributed by atoms with E-state index in [4.69, 9.17) is 4.74 Å². The number of nitrogens with one attached hydrogen (secondary N) is 3. The first-order valence-electron chi connectivity index (χ1n) is 9.95. The minimum Gasteiger partial charge on any atom is -0.494 e. The van der Waals surface area contributed by atoms with E-state index in [-0.39, 0.29) is 17.8 Å². The highest BCUT2D eigenvalue weighted by Gasteiger charge is 2.34. The maximum absolute atomic E-state index is 12.7. The van der Waals surface area contributed by atoms with Crippen molar-refractivity contribution in [2.75, 3.05) is 29.1 Å². The van der Waals surface area contributed by atoms with Crippen molar-refractivity contribution >= 4 is 34.9 Å². The van der Waals surface area contributed by atoms with Gasteiger partial charge in [-0.1, -0.05) is 0 Å².